The van der Waals surface area contributed by atoms with Crippen LogP contribution in [0.4, 0.5) is 0 Å². The highest BCUT2D eigenvalue weighted by atomic mass is 16.8. The SMILES string of the molecule is C=C1C(OCCO)OC(COC(C)=O)[C@@H](O[C@H]2OC(COC(C)=O)[C@@H](OC(C)=O)C(OC(C)=O)[C@H]2OC(C)=O)C1OC(C)=O. The number of rotatable bonds is 13. The highest BCUT2D eigenvalue weighted by Crippen LogP contribution is 2.35. The summed E-state index contributed by atoms with van der Waals surface area (Å²) in [6, 6.07) is 0. The fourth-order valence-corrected chi connectivity index (χ4v) is 4.44. The van der Waals surface area contributed by atoms with Crippen molar-refractivity contribution in [3.8, 4) is 0 Å². The summed E-state index contributed by atoms with van der Waals surface area (Å²) in [5, 5.41) is 9.23. The molecule has 2 rings (SSSR count). The average Bonchev–Trinajstić information content (AvgIpc) is 2.90. The molecule has 0 radical (unpaired) electrons. The second kappa shape index (κ2) is 17.0. The summed E-state index contributed by atoms with van der Waals surface area (Å²) in [6.45, 7) is 8.86. The van der Waals surface area contributed by atoms with E-state index in [9.17, 15) is 33.9 Å². The van der Waals surface area contributed by atoms with Crippen molar-refractivity contribution in [2.24, 2.45) is 0 Å². The van der Waals surface area contributed by atoms with Crippen molar-refractivity contribution in [3.05, 3.63) is 12.2 Å². The Hall–Kier alpha value is -3.64. The first-order valence-corrected chi connectivity index (χ1v) is 13.5. The Morgan fingerprint density at radius 1 is 0.659 bits per heavy atom. The van der Waals surface area contributed by atoms with E-state index in [0.29, 0.717) is 0 Å². The Morgan fingerprint density at radius 2 is 1.14 bits per heavy atom. The summed E-state index contributed by atoms with van der Waals surface area (Å²) < 4.78 is 55.4. The lowest BCUT2D eigenvalue weighted by atomic mass is 9.95. The minimum Gasteiger partial charge on any atom is -0.463 e. The molecular formula is C27H38O17. The molecule has 17 nitrogen and oxygen atoms in total. The van der Waals surface area contributed by atoms with Crippen molar-refractivity contribution in [1.29, 1.82) is 0 Å². The first-order valence-electron chi connectivity index (χ1n) is 13.5. The smallest absolute Gasteiger partial charge is 0.303 e. The minimum absolute atomic E-state index is 0.0309. The number of carbonyl (C=O) groups is 6. The van der Waals surface area contributed by atoms with E-state index in [1.54, 1.807) is 0 Å². The summed E-state index contributed by atoms with van der Waals surface area (Å²) in [6.07, 6.45) is -12.9. The molecule has 5 unspecified atom stereocenters. The fourth-order valence-electron chi connectivity index (χ4n) is 4.44. The Bertz CT molecular complexity index is 1070. The number of carbonyl (C=O) groups excluding carboxylic acids is 6. The maximum absolute atomic E-state index is 12.2. The van der Waals surface area contributed by atoms with Gasteiger partial charge >= 0.3 is 35.8 Å². The quantitative estimate of drug-likeness (QED) is 0.150. The van der Waals surface area contributed by atoms with Gasteiger partial charge in [-0.3, -0.25) is 28.8 Å². The number of esters is 6. The maximum Gasteiger partial charge on any atom is 0.303 e. The van der Waals surface area contributed by atoms with Crippen LogP contribution in [0.15, 0.2) is 12.2 Å². The molecule has 0 amide bonds. The van der Waals surface area contributed by atoms with E-state index < -0.39 is 104 Å². The monoisotopic (exact) mass is 634 g/mol. The Labute approximate surface area is 252 Å². The second-order valence-corrected chi connectivity index (χ2v) is 9.68. The molecule has 1 N–H and O–H groups in total. The van der Waals surface area contributed by atoms with Crippen molar-refractivity contribution in [3.63, 3.8) is 0 Å². The zero-order valence-corrected chi connectivity index (χ0v) is 25.2. The van der Waals surface area contributed by atoms with E-state index in [1.165, 1.54) is 0 Å². The van der Waals surface area contributed by atoms with Gasteiger partial charge < -0.3 is 52.5 Å². The van der Waals surface area contributed by atoms with Crippen molar-refractivity contribution in [2.45, 2.75) is 96.9 Å². The van der Waals surface area contributed by atoms with Crippen LogP contribution in [-0.4, -0.2) is 123 Å². The van der Waals surface area contributed by atoms with Crippen molar-refractivity contribution in [2.75, 3.05) is 26.4 Å². The summed E-state index contributed by atoms with van der Waals surface area (Å²) in [5.74, 6) is -4.76. The van der Waals surface area contributed by atoms with Gasteiger partial charge in [-0.15, -0.1) is 0 Å². The second-order valence-electron chi connectivity index (χ2n) is 9.68. The molecule has 2 fully saturated rings. The van der Waals surface area contributed by atoms with Crippen LogP contribution in [-0.2, 0) is 76.1 Å². The van der Waals surface area contributed by atoms with Gasteiger partial charge in [0.2, 0.25) is 0 Å². The third-order valence-corrected chi connectivity index (χ3v) is 5.98. The summed E-state index contributed by atoms with van der Waals surface area (Å²) in [4.78, 5) is 71.8. The van der Waals surface area contributed by atoms with Crippen molar-refractivity contribution in [1.82, 2.24) is 0 Å². The number of hydrogen-bond acceptors (Lipinski definition) is 17. The summed E-state index contributed by atoms with van der Waals surface area (Å²) >= 11 is 0. The molecule has 17 heteroatoms. The van der Waals surface area contributed by atoms with Gasteiger partial charge in [0.15, 0.2) is 37.0 Å². The molecule has 0 bridgehead atoms. The zero-order chi connectivity index (χ0) is 33.1. The predicted octanol–water partition coefficient (Wildman–Crippen LogP) is -0.760. The molecule has 0 aliphatic carbocycles. The van der Waals surface area contributed by atoms with Gasteiger partial charge in [0.05, 0.1) is 13.2 Å². The van der Waals surface area contributed by atoms with E-state index in [2.05, 4.69) is 6.58 Å². The molecule has 0 aromatic rings. The minimum atomic E-state index is -1.69. The molecule has 44 heavy (non-hydrogen) atoms. The molecule has 0 aromatic carbocycles. The lowest BCUT2D eigenvalue weighted by Crippen LogP contribution is -2.65. The molecule has 0 spiro atoms. The molecule has 2 aliphatic heterocycles. The molecular weight excluding hydrogens is 596 g/mol. The van der Waals surface area contributed by atoms with Crippen LogP contribution < -0.4 is 0 Å². The highest BCUT2D eigenvalue weighted by molar-refractivity contribution is 5.69. The van der Waals surface area contributed by atoms with Crippen LogP contribution in [0.2, 0.25) is 0 Å². The zero-order valence-electron chi connectivity index (χ0n) is 25.2. The molecule has 0 saturated carbocycles. The highest BCUT2D eigenvalue weighted by Gasteiger charge is 2.55. The lowest BCUT2D eigenvalue weighted by molar-refractivity contribution is -0.339. The van der Waals surface area contributed by atoms with E-state index in [0.717, 1.165) is 41.5 Å². The van der Waals surface area contributed by atoms with Crippen LogP contribution in [0.5, 0.6) is 0 Å². The number of ether oxygens (including phenoxy) is 10. The molecule has 2 heterocycles. The van der Waals surface area contributed by atoms with Crippen LogP contribution in [0.25, 0.3) is 0 Å². The largest absolute Gasteiger partial charge is 0.463 e. The van der Waals surface area contributed by atoms with Crippen LogP contribution in [0, 0.1) is 0 Å². The van der Waals surface area contributed by atoms with Crippen LogP contribution in [0.3, 0.4) is 0 Å². The molecule has 0 aromatic heterocycles. The topological polar surface area (TPSA) is 215 Å². The first-order chi connectivity index (χ1) is 20.6. The molecule has 2 saturated heterocycles. The predicted molar refractivity (Wildman–Crippen MR) is 140 cm³/mol. The summed E-state index contributed by atoms with van der Waals surface area (Å²) in [7, 11) is 0. The number of aliphatic hydroxyl groups is 1. The fraction of sp³-hybridized carbons (Fsp3) is 0.704. The average molecular weight is 635 g/mol. The van der Waals surface area contributed by atoms with Gasteiger partial charge in [-0.2, -0.15) is 0 Å². The van der Waals surface area contributed by atoms with Gasteiger partial charge in [-0.1, -0.05) is 6.58 Å². The van der Waals surface area contributed by atoms with Gasteiger partial charge in [0.1, 0.15) is 31.5 Å². The van der Waals surface area contributed by atoms with E-state index >= 15 is 0 Å². The first kappa shape index (κ1) is 36.6. The third-order valence-electron chi connectivity index (χ3n) is 5.98. The Balaban J connectivity index is 2.62. The standard InChI is InChI=1S/C27H38O17/c1-12-21(38-15(4)31)22(19(10-36-13(2)29)42-26(12)35-9-8-28)44-27-25(41-18(7)34)24(40-17(6)33)23(39-16(5)32)20(43-27)11-37-14(3)30/h19-28H,1,8-11H2,2-7H3/t19?,20?,21?,22-,23-,24?,25-,26?,27-/m1/s1. The van der Waals surface area contributed by atoms with Crippen molar-refractivity contribution < 1.29 is 81.2 Å². The third kappa shape index (κ3) is 10.8. The maximum atomic E-state index is 12.2. The van der Waals surface area contributed by atoms with E-state index in [-0.39, 0.29) is 18.8 Å². The lowest BCUT2D eigenvalue weighted by Gasteiger charge is -2.47. The number of hydrogen-bond donors (Lipinski definition) is 1. The molecule has 248 valence electrons. The molecule has 9 atom stereocenters. The van der Waals surface area contributed by atoms with Crippen LogP contribution >= 0.6 is 0 Å². The Kier molecular flexibility index (Phi) is 14.1. The van der Waals surface area contributed by atoms with Gasteiger partial charge in [0, 0.05) is 47.1 Å². The number of aliphatic hydroxyl groups excluding tert-OH is 1. The normalized spacial score (nSPS) is 30.0. The summed E-state index contributed by atoms with van der Waals surface area (Å²) in [5.41, 5.74) is 0.0309. The van der Waals surface area contributed by atoms with Gasteiger partial charge in [-0.05, 0) is 0 Å². The van der Waals surface area contributed by atoms with Gasteiger partial charge in [-0.25, -0.2) is 0 Å². The van der Waals surface area contributed by atoms with Crippen molar-refractivity contribution >= 4 is 35.8 Å². The van der Waals surface area contributed by atoms with Crippen LogP contribution in [0.1, 0.15) is 41.5 Å². The van der Waals surface area contributed by atoms with E-state index in [4.69, 9.17) is 47.4 Å². The van der Waals surface area contributed by atoms with E-state index in [1.807, 2.05) is 0 Å². The van der Waals surface area contributed by atoms with Gasteiger partial charge in [0.25, 0.3) is 0 Å². The molecule has 2 aliphatic rings. The Morgan fingerprint density at radius 3 is 1.61 bits per heavy atom.